The molecule has 4 nitrogen and oxygen atoms in total. The summed E-state index contributed by atoms with van der Waals surface area (Å²) in [7, 11) is 6.56. The summed E-state index contributed by atoms with van der Waals surface area (Å²) in [6.07, 6.45) is 3.61. The molecule has 0 unspecified atom stereocenters. The molecule has 0 aromatic rings. The molecule has 0 atom stereocenters. The molecule has 0 amide bonds. The van der Waals surface area contributed by atoms with Crippen molar-refractivity contribution >= 4 is 0 Å². The van der Waals surface area contributed by atoms with Crippen molar-refractivity contribution in [2.45, 2.75) is 39.2 Å². The zero-order valence-corrected chi connectivity index (χ0v) is 14.2. The number of rotatable bonds is 9. The van der Waals surface area contributed by atoms with E-state index >= 15 is 0 Å². The van der Waals surface area contributed by atoms with E-state index in [2.05, 4.69) is 50.1 Å². The van der Waals surface area contributed by atoms with Gasteiger partial charge in [0.1, 0.15) is 0 Å². The first-order valence-corrected chi connectivity index (χ1v) is 8.08. The molecule has 0 saturated carbocycles. The number of hydrogen-bond donors (Lipinski definition) is 1. The molecule has 1 fully saturated rings. The molecule has 0 aromatic heterocycles. The lowest BCUT2D eigenvalue weighted by molar-refractivity contribution is -0.00169. The van der Waals surface area contributed by atoms with Gasteiger partial charge in [0.25, 0.3) is 0 Å². The molecule has 1 saturated heterocycles. The van der Waals surface area contributed by atoms with Crippen molar-refractivity contribution in [1.82, 2.24) is 15.1 Å². The van der Waals surface area contributed by atoms with Crippen molar-refractivity contribution < 1.29 is 4.74 Å². The monoisotopic (exact) mass is 285 g/mol. The molecular formula is C16H35N3O. The smallest absolute Gasteiger partial charge is 0.0472 e. The Morgan fingerprint density at radius 2 is 1.75 bits per heavy atom. The Morgan fingerprint density at radius 1 is 1.10 bits per heavy atom. The molecule has 20 heavy (non-hydrogen) atoms. The minimum absolute atomic E-state index is 0.398. The van der Waals surface area contributed by atoms with Gasteiger partial charge in [-0.25, -0.2) is 0 Å². The van der Waals surface area contributed by atoms with Gasteiger partial charge in [0, 0.05) is 32.3 Å². The van der Waals surface area contributed by atoms with E-state index in [1.807, 2.05) is 0 Å². The largest absolute Gasteiger partial charge is 0.381 e. The fourth-order valence-electron chi connectivity index (χ4n) is 2.92. The highest BCUT2D eigenvalue weighted by Crippen LogP contribution is 2.30. The van der Waals surface area contributed by atoms with Gasteiger partial charge in [-0.05, 0) is 58.9 Å². The zero-order valence-electron chi connectivity index (χ0n) is 14.2. The molecular weight excluding hydrogens is 250 g/mol. The van der Waals surface area contributed by atoms with Crippen LogP contribution in [0, 0.1) is 5.41 Å². The van der Waals surface area contributed by atoms with E-state index in [0.717, 1.165) is 19.8 Å². The van der Waals surface area contributed by atoms with E-state index in [4.69, 9.17) is 4.74 Å². The summed E-state index contributed by atoms with van der Waals surface area (Å²) in [5.74, 6) is 0. The third kappa shape index (κ3) is 7.02. The molecule has 120 valence electrons. The summed E-state index contributed by atoms with van der Waals surface area (Å²) in [5.41, 5.74) is 0.398. The summed E-state index contributed by atoms with van der Waals surface area (Å²) in [6, 6.07) is 0.564. The Bertz CT molecular complexity index is 250. The molecule has 1 heterocycles. The second-order valence-electron chi connectivity index (χ2n) is 7.04. The molecule has 1 aliphatic heterocycles. The summed E-state index contributed by atoms with van der Waals surface area (Å²) in [4.78, 5) is 4.77. The first-order valence-electron chi connectivity index (χ1n) is 8.08. The molecule has 0 aliphatic carbocycles. The third-order valence-electron chi connectivity index (χ3n) is 4.19. The van der Waals surface area contributed by atoms with Crippen molar-refractivity contribution in [3.05, 3.63) is 0 Å². The highest BCUT2D eigenvalue weighted by molar-refractivity contribution is 4.87. The van der Waals surface area contributed by atoms with Gasteiger partial charge in [0.2, 0.25) is 0 Å². The molecule has 1 aliphatic rings. The van der Waals surface area contributed by atoms with Gasteiger partial charge in [-0.2, -0.15) is 0 Å². The van der Waals surface area contributed by atoms with E-state index < -0.39 is 0 Å². The van der Waals surface area contributed by atoms with Crippen LogP contribution in [0.4, 0.5) is 0 Å². The topological polar surface area (TPSA) is 27.7 Å². The SMILES string of the molecule is CC(C)NCC1(CN(C)CCCN(C)C)CCOCC1. The number of hydrogen-bond acceptors (Lipinski definition) is 4. The van der Waals surface area contributed by atoms with Crippen LogP contribution in [0.5, 0.6) is 0 Å². The highest BCUT2D eigenvalue weighted by atomic mass is 16.5. The van der Waals surface area contributed by atoms with Crippen molar-refractivity contribution in [2.24, 2.45) is 5.41 Å². The molecule has 4 heteroatoms. The Labute approximate surface area is 125 Å². The second kappa shape index (κ2) is 8.98. The second-order valence-corrected chi connectivity index (χ2v) is 7.04. The van der Waals surface area contributed by atoms with Crippen molar-refractivity contribution in [3.8, 4) is 0 Å². The maximum atomic E-state index is 5.57. The summed E-state index contributed by atoms with van der Waals surface area (Å²) < 4.78 is 5.57. The van der Waals surface area contributed by atoms with Crippen LogP contribution in [-0.2, 0) is 4.74 Å². The lowest BCUT2D eigenvalue weighted by Gasteiger charge is -2.41. The Morgan fingerprint density at radius 3 is 2.30 bits per heavy atom. The molecule has 1 rings (SSSR count). The average Bonchev–Trinajstić information content (AvgIpc) is 2.37. The van der Waals surface area contributed by atoms with Crippen LogP contribution in [-0.4, -0.2) is 76.4 Å². The van der Waals surface area contributed by atoms with Gasteiger partial charge >= 0.3 is 0 Å². The van der Waals surface area contributed by atoms with Gasteiger partial charge < -0.3 is 19.9 Å². The molecule has 0 radical (unpaired) electrons. The summed E-state index contributed by atoms with van der Waals surface area (Å²) >= 11 is 0. The van der Waals surface area contributed by atoms with E-state index in [-0.39, 0.29) is 0 Å². The van der Waals surface area contributed by atoms with Crippen LogP contribution in [0.1, 0.15) is 33.1 Å². The number of nitrogens with zero attached hydrogens (tertiary/aromatic N) is 2. The Hall–Kier alpha value is -0.160. The Kier molecular flexibility index (Phi) is 8.03. The number of nitrogens with one attached hydrogen (secondary N) is 1. The van der Waals surface area contributed by atoms with Crippen molar-refractivity contribution in [1.29, 1.82) is 0 Å². The number of ether oxygens (including phenoxy) is 1. The normalized spacial score (nSPS) is 19.2. The quantitative estimate of drug-likeness (QED) is 0.697. The predicted molar refractivity (Wildman–Crippen MR) is 86.3 cm³/mol. The van der Waals surface area contributed by atoms with Crippen LogP contribution in [0.2, 0.25) is 0 Å². The maximum Gasteiger partial charge on any atom is 0.0472 e. The van der Waals surface area contributed by atoms with E-state index in [0.29, 0.717) is 11.5 Å². The zero-order chi connectivity index (χ0) is 15.0. The minimum Gasteiger partial charge on any atom is -0.381 e. The van der Waals surface area contributed by atoms with Gasteiger partial charge in [0.15, 0.2) is 0 Å². The third-order valence-corrected chi connectivity index (χ3v) is 4.19. The first-order chi connectivity index (χ1) is 9.43. The molecule has 0 aromatic carbocycles. The van der Waals surface area contributed by atoms with E-state index in [1.165, 1.54) is 38.9 Å². The fraction of sp³-hybridized carbons (Fsp3) is 1.00. The first kappa shape index (κ1) is 17.9. The lowest BCUT2D eigenvalue weighted by atomic mass is 9.79. The lowest BCUT2D eigenvalue weighted by Crippen LogP contribution is -2.48. The molecule has 0 bridgehead atoms. The van der Waals surface area contributed by atoms with E-state index in [1.54, 1.807) is 0 Å². The van der Waals surface area contributed by atoms with Crippen LogP contribution in [0.3, 0.4) is 0 Å². The minimum atomic E-state index is 0.398. The van der Waals surface area contributed by atoms with E-state index in [9.17, 15) is 0 Å². The fourth-order valence-corrected chi connectivity index (χ4v) is 2.92. The molecule has 1 N–H and O–H groups in total. The van der Waals surface area contributed by atoms with Gasteiger partial charge in [-0.15, -0.1) is 0 Å². The standard InChI is InChI=1S/C16H35N3O/c1-15(2)17-13-16(7-11-20-12-8-16)14-19(5)10-6-9-18(3)4/h15,17H,6-14H2,1-5H3. The van der Waals surface area contributed by atoms with Crippen LogP contribution in [0.25, 0.3) is 0 Å². The highest BCUT2D eigenvalue weighted by Gasteiger charge is 2.33. The average molecular weight is 285 g/mol. The summed E-state index contributed by atoms with van der Waals surface area (Å²) in [6.45, 7) is 11.0. The van der Waals surface area contributed by atoms with Crippen molar-refractivity contribution in [3.63, 3.8) is 0 Å². The predicted octanol–water partition coefficient (Wildman–Crippen LogP) is 1.66. The van der Waals surface area contributed by atoms with Crippen LogP contribution >= 0.6 is 0 Å². The van der Waals surface area contributed by atoms with Gasteiger partial charge in [-0.1, -0.05) is 13.8 Å². The van der Waals surface area contributed by atoms with Crippen LogP contribution in [0.15, 0.2) is 0 Å². The molecule has 0 spiro atoms. The van der Waals surface area contributed by atoms with Gasteiger partial charge in [-0.3, -0.25) is 0 Å². The van der Waals surface area contributed by atoms with Gasteiger partial charge in [0.05, 0.1) is 0 Å². The van der Waals surface area contributed by atoms with Crippen molar-refractivity contribution in [2.75, 3.05) is 60.5 Å². The maximum absolute atomic E-state index is 5.57. The Balaban J connectivity index is 2.42. The van der Waals surface area contributed by atoms with Crippen LogP contribution < -0.4 is 5.32 Å². The summed E-state index contributed by atoms with van der Waals surface area (Å²) in [5, 5.41) is 3.65.